The zero-order chi connectivity index (χ0) is 20.8. The molecule has 0 saturated heterocycles. The van der Waals surface area contributed by atoms with Crippen molar-refractivity contribution in [2.45, 2.75) is 19.4 Å². The Morgan fingerprint density at radius 3 is 2.66 bits per heavy atom. The van der Waals surface area contributed by atoms with E-state index in [1.165, 1.54) is 21.9 Å². The highest BCUT2D eigenvalue weighted by Gasteiger charge is 2.32. The van der Waals surface area contributed by atoms with Gasteiger partial charge in [-0.15, -0.1) is 11.3 Å². The number of benzene rings is 2. The highest BCUT2D eigenvalue weighted by Crippen LogP contribution is 2.35. The van der Waals surface area contributed by atoms with Gasteiger partial charge in [0.2, 0.25) is 10.0 Å². The summed E-state index contributed by atoms with van der Waals surface area (Å²) in [6.07, 6.45) is 1.77. The molecule has 0 radical (unpaired) electrons. The SMILES string of the molecule is C[C@H]1Cc2cc(C(=O)Nc3nc(-c4ccc(Cl)cc4)cs3)ccc2N1S(C)(=O)=O. The lowest BCUT2D eigenvalue weighted by Crippen LogP contribution is -2.34. The van der Waals surface area contributed by atoms with Crippen LogP contribution < -0.4 is 9.62 Å². The minimum absolute atomic E-state index is 0.167. The van der Waals surface area contributed by atoms with Crippen molar-refractivity contribution in [2.75, 3.05) is 15.9 Å². The zero-order valence-electron chi connectivity index (χ0n) is 15.7. The largest absolute Gasteiger partial charge is 0.298 e. The van der Waals surface area contributed by atoms with Crippen LogP contribution >= 0.6 is 22.9 Å². The Bertz CT molecular complexity index is 1190. The van der Waals surface area contributed by atoms with Gasteiger partial charge in [-0.1, -0.05) is 23.7 Å². The van der Waals surface area contributed by atoms with Gasteiger partial charge < -0.3 is 0 Å². The van der Waals surface area contributed by atoms with Crippen LogP contribution in [0.5, 0.6) is 0 Å². The van der Waals surface area contributed by atoms with Gasteiger partial charge in [0.15, 0.2) is 5.13 Å². The third-order valence-electron chi connectivity index (χ3n) is 4.72. The summed E-state index contributed by atoms with van der Waals surface area (Å²) in [4.78, 5) is 17.1. The lowest BCUT2D eigenvalue weighted by molar-refractivity contribution is 0.102. The molecule has 1 aromatic heterocycles. The maximum Gasteiger partial charge on any atom is 0.257 e. The van der Waals surface area contributed by atoms with E-state index in [1.54, 1.807) is 30.3 Å². The lowest BCUT2D eigenvalue weighted by Gasteiger charge is -2.21. The van der Waals surface area contributed by atoms with E-state index in [9.17, 15) is 13.2 Å². The van der Waals surface area contributed by atoms with Crippen molar-refractivity contribution >= 4 is 49.7 Å². The first kappa shape index (κ1) is 19.9. The van der Waals surface area contributed by atoms with Crippen LogP contribution in [0.1, 0.15) is 22.8 Å². The van der Waals surface area contributed by atoms with Crippen LogP contribution in [-0.4, -0.2) is 31.6 Å². The standard InChI is InChI=1S/C20H18ClN3O3S2/c1-12-9-15-10-14(5-8-18(15)24(12)29(2,26)27)19(25)23-20-22-17(11-28-20)13-3-6-16(21)7-4-13/h3-8,10-12H,9H2,1-2H3,(H,22,23,25)/t12-/m0/s1. The molecular formula is C20H18ClN3O3S2. The fraction of sp³-hybridized carbons (Fsp3) is 0.200. The average Bonchev–Trinajstić information content (AvgIpc) is 3.24. The summed E-state index contributed by atoms with van der Waals surface area (Å²) in [7, 11) is -3.36. The van der Waals surface area contributed by atoms with Crippen LogP contribution in [0.3, 0.4) is 0 Å². The number of aromatic nitrogens is 1. The maximum absolute atomic E-state index is 12.7. The fourth-order valence-corrected chi connectivity index (χ4v) is 5.61. The van der Waals surface area contributed by atoms with Gasteiger partial charge in [-0.3, -0.25) is 14.4 Å². The molecule has 150 valence electrons. The first-order valence-electron chi connectivity index (χ1n) is 8.87. The molecule has 0 bridgehead atoms. The first-order valence-corrected chi connectivity index (χ1v) is 12.0. The maximum atomic E-state index is 12.7. The number of fused-ring (bicyclic) bond motifs is 1. The third-order valence-corrected chi connectivity index (χ3v) is 7.00. The zero-order valence-corrected chi connectivity index (χ0v) is 18.1. The minimum atomic E-state index is -3.36. The van der Waals surface area contributed by atoms with Crippen LogP contribution in [-0.2, 0) is 16.4 Å². The molecule has 0 unspecified atom stereocenters. The quantitative estimate of drug-likeness (QED) is 0.641. The molecule has 0 fully saturated rings. The van der Waals surface area contributed by atoms with E-state index in [0.29, 0.717) is 27.8 Å². The number of hydrogen-bond donors (Lipinski definition) is 1. The Hall–Kier alpha value is -2.42. The van der Waals surface area contributed by atoms with E-state index in [2.05, 4.69) is 10.3 Å². The Balaban J connectivity index is 1.53. The van der Waals surface area contributed by atoms with E-state index in [4.69, 9.17) is 11.6 Å². The Morgan fingerprint density at radius 1 is 1.24 bits per heavy atom. The molecule has 0 saturated carbocycles. The number of nitrogens with one attached hydrogen (secondary N) is 1. The Morgan fingerprint density at radius 2 is 1.97 bits per heavy atom. The number of anilines is 2. The van der Waals surface area contributed by atoms with Gasteiger partial charge in [-0.05, 0) is 49.2 Å². The van der Waals surface area contributed by atoms with Crippen LogP contribution in [0.15, 0.2) is 47.8 Å². The van der Waals surface area contributed by atoms with E-state index < -0.39 is 10.0 Å². The second-order valence-electron chi connectivity index (χ2n) is 6.95. The molecule has 4 rings (SSSR count). The molecule has 0 aliphatic carbocycles. The number of sulfonamides is 1. The molecule has 1 atom stereocenters. The molecule has 29 heavy (non-hydrogen) atoms. The minimum Gasteiger partial charge on any atom is -0.298 e. The molecule has 3 aromatic rings. The Labute approximate surface area is 178 Å². The van der Waals surface area contributed by atoms with Crippen molar-refractivity contribution in [3.63, 3.8) is 0 Å². The van der Waals surface area contributed by atoms with Crippen LogP contribution in [0.25, 0.3) is 11.3 Å². The van der Waals surface area contributed by atoms with Crippen molar-refractivity contribution in [1.29, 1.82) is 0 Å². The summed E-state index contributed by atoms with van der Waals surface area (Å²) in [5, 5.41) is 5.83. The van der Waals surface area contributed by atoms with Crippen molar-refractivity contribution in [3.8, 4) is 11.3 Å². The highest BCUT2D eigenvalue weighted by atomic mass is 35.5. The monoisotopic (exact) mass is 447 g/mol. The van der Waals surface area contributed by atoms with Crippen molar-refractivity contribution in [3.05, 3.63) is 64.0 Å². The summed E-state index contributed by atoms with van der Waals surface area (Å²) >= 11 is 7.25. The second-order valence-corrected chi connectivity index (χ2v) is 10.1. The number of rotatable bonds is 4. The summed E-state index contributed by atoms with van der Waals surface area (Å²) in [5.74, 6) is -0.282. The molecular weight excluding hydrogens is 430 g/mol. The van der Waals surface area contributed by atoms with Crippen molar-refractivity contribution < 1.29 is 13.2 Å². The lowest BCUT2D eigenvalue weighted by atomic mass is 10.1. The van der Waals surface area contributed by atoms with Gasteiger partial charge in [0.1, 0.15) is 0 Å². The van der Waals surface area contributed by atoms with Gasteiger partial charge in [-0.2, -0.15) is 0 Å². The average molecular weight is 448 g/mol. The van der Waals surface area contributed by atoms with Crippen molar-refractivity contribution in [1.82, 2.24) is 4.98 Å². The molecule has 2 heterocycles. The number of nitrogens with zero attached hydrogens (tertiary/aromatic N) is 2. The van der Waals surface area contributed by atoms with Gasteiger partial charge >= 0.3 is 0 Å². The van der Waals surface area contributed by atoms with Crippen LogP contribution in [0, 0.1) is 0 Å². The van der Waals surface area contributed by atoms with Gasteiger partial charge in [-0.25, -0.2) is 13.4 Å². The second kappa shape index (κ2) is 7.44. The normalized spacial score (nSPS) is 16.0. The molecule has 1 amide bonds. The van der Waals surface area contributed by atoms with E-state index in [-0.39, 0.29) is 11.9 Å². The number of thiazole rings is 1. The third kappa shape index (κ3) is 4.01. The molecule has 1 aliphatic rings. The topological polar surface area (TPSA) is 79.4 Å². The van der Waals surface area contributed by atoms with E-state index >= 15 is 0 Å². The number of carbonyl (C=O) groups is 1. The molecule has 2 aromatic carbocycles. The number of halogens is 1. The number of amides is 1. The molecule has 6 nitrogen and oxygen atoms in total. The van der Waals surface area contributed by atoms with Gasteiger partial charge in [0.25, 0.3) is 5.91 Å². The molecule has 0 spiro atoms. The highest BCUT2D eigenvalue weighted by molar-refractivity contribution is 7.92. The summed E-state index contributed by atoms with van der Waals surface area (Å²) in [5.41, 5.74) is 3.62. The molecule has 1 aliphatic heterocycles. The van der Waals surface area contributed by atoms with Crippen LogP contribution in [0.4, 0.5) is 10.8 Å². The fourth-order valence-electron chi connectivity index (χ4n) is 3.50. The van der Waals surface area contributed by atoms with E-state index in [0.717, 1.165) is 16.8 Å². The smallest absolute Gasteiger partial charge is 0.257 e. The number of hydrogen-bond acceptors (Lipinski definition) is 5. The predicted molar refractivity (Wildman–Crippen MR) is 117 cm³/mol. The van der Waals surface area contributed by atoms with E-state index in [1.807, 2.05) is 24.4 Å². The summed E-state index contributed by atoms with van der Waals surface area (Å²) in [6, 6.07) is 12.2. The molecule has 9 heteroatoms. The Kier molecular flexibility index (Phi) is 5.10. The van der Waals surface area contributed by atoms with Gasteiger partial charge in [0.05, 0.1) is 17.6 Å². The van der Waals surface area contributed by atoms with Crippen molar-refractivity contribution in [2.24, 2.45) is 0 Å². The first-order chi connectivity index (χ1) is 13.7. The summed E-state index contributed by atoms with van der Waals surface area (Å²) in [6.45, 7) is 1.86. The van der Waals surface area contributed by atoms with Crippen LogP contribution in [0.2, 0.25) is 5.02 Å². The molecule has 1 N–H and O–H groups in total. The van der Waals surface area contributed by atoms with Gasteiger partial charge in [0, 0.05) is 27.6 Å². The predicted octanol–water partition coefficient (Wildman–Crippen LogP) is 4.43. The number of carbonyl (C=O) groups excluding carboxylic acids is 1. The summed E-state index contributed by atoms with van der Waals surface area (Å²) < 4.78 is 25.5.